The highest BCUT2D eigenvalue weighted by Crippen LogP contribution is 2.23. The van der Waals surface area contributed by atoms with E-state index in [1.165, 1.54) is 11.8 Å². The summed E-state index contributed by atoms with van der Waals surface area (Å²) in [6.45, 7) is 0. The molecule has 2 amide bonds. The zero-order valence-electron chi connectivity index (χ0n) is 15.9. The summed E-state index contributed by atoms with van der Waals surface area (Å²) in [6, 6.07) is 15.1. The number of hydrogen-bond donors (Lipinski definition) is 2. The number of carbonyl (C=O) groups is 2. The standard InChI is InChI=1S/C20H20BrN5O2S/c1-26(2)16-9-3-13(4-10-16)12-22-25-20-24-18(27)11-17(29-20)19(28)23-15-7-5-14(21)6-8-15/h3-10,12,17H,11H2,1-2H3,(H,23,28)(H,24,25,27)/t17-/m1/s1. The number of amides is 2. The van der Waals surface area contributed by atoms with E-state index in [2.05, 4.69) is 36.8 Å². The van der Waals surface area contributed by atoms with Crippen molar-refractivity contribution in [2.75, 3.05) is 24.3 Å². The van der Waals surface area contributed by atoms with Crippen LogP contribution < -0.4 is 15.5 Å². The molecule has 1 atom stereocenters. The number of rotatable bonds is 5. The molecule has 2 N–H and O–H groups in total. The van der Waals surface area contributed by atoms with Crippen molar-refractivity contribution in [2.24, 2.45) is 10.2 Å². The Morgan fingerprint density at radius 1 is 1.21 bits per heavy atom. The summed E-state index contributed by atoms with van der Waals surface area (Å²) in [5.74, 6) is -0.507. The van der Waals surface area contributed by atoms with Gasteiger partial charge in [0.15, 0.2) is 5.17 Å². The van der Waals surface area contributed by atoms with Crippen LogP contribution in [0.4, 0.5) is 11.4 Å². The van der Waals surface area contributed by atoms with Gasteiger partial charge in [-0.25, -0.2) is 0 Å². The second-order valence-electron chi connectivity index (χ2n) is 6.49. The molecule has 0 bridgehead atoms. The van der Waals surface area contributed by atoms with Gasteiger partial charge in [-0.15, -0.1) is 5.10 Å². The van der Waals surface area contributed by atoms with Crippen molar-refractivity contribution in [1.82, 2.24) is 5.32 Å². The highest BCUT2D eigenvalue weighted by atomic mass is 79.9. The van der Waals surface area contributed by atoms with Gasteiger partial charge in [-0.05, 0) is 42.0 Å². The third-order valence-corrected chi connectivity index (χ3v) is 5.64. The molecule has 0 saturated carbocycles. The molecule has 29 heavy (non-hydrogen) atoms. The van der Waals surface area contributed by atoms with Crippen LogP contribution in [0.1, 0.15) is 12.0 Å². The molecule has 0 unspecified atom stereocenters. The normalized spacial score (nSPS) is 18.0. The molecule has 1 aliphatic rings. The van der Waals surface area contributed by atoms with Gasteiger partial charge >= 0.3 is 0 Å². The molecule has 0 aromatic heterocycles. The van der Waals surface area contributed by atoms with Crippen LogP contribution in [0.3, 0.4) is 0 Å². The third kappa shape index (κ3) is 6.16. The zero-order valence-corrected chi connectivity index (χ0v) is 18.3. The zero-order chi connectivity index (χ0) is 20.8. The minimum absolute atomic E-state index is 0.0851. The van der Waals surface area contributed by atoms with E-state index in [4.69, 9.17) is 0 Å². The minimum atomic E-state index is -0.569. The Hall–Kier alpha value is -2.65. The maximum atomic E-state index is 12.5. The molecule has 0 aliphatic carbocycles. The second kappa shape index (κ2) is 9.71. The first-order valence-corrected chi connectivity index (χ1v) is 10.5. The predicted molar refractivity (Wildman–Crippen MR) is 123 cm³/mol. The minimum Gasteiger partial charge on any atom is -0.378 e. The van der Waals surface area contributed by atoms with Gasteiger partial charge in [-0.1, -0.05) is 39.8 Å². The Morgan fingerprint density at radius 2 is 1.90 bits per heavy atom. The van der Waals surface area contributed by atoms with Crippen LogP contribution in [0.25, 0.3) is 0 Å². The summed E-state index contributed by atoms with van der Waals surface area (Å²) in [4.78, 5) is 26.5. The van der Waals surface area contributed by atoms with Crippen LogP contribution in [0, 0.1) is 0 Å². The van der Waals surface area contributed by atoms with E-state index >= 15 is 0 Å². The Labute approximate surface area is 181 Å². The molecule has 3 rings (SSSR count). The molecule has 1 aliphatic heterocycles. The van der Waals surface area contributed by atoms with Crippen LogP contribution in [-0.2, 0) is 9.59 Å². The largest absolute Gasteiger partial charge is 0.378 e. The first-order chi connectivity index (χ1) is 13.9. The van der Waals surface area contributed by atoms with Crippen molar-refractivity contribution in [1.29, 1.82) is 0 Å². The van der Waals surface area contributed by atoms with E-state index in [0.29, 0.717) is 10.9 Å². The Bertz CT molecular complexity index is 942. The highest BCUT2D eigenvalue weighted by Gasteiger charge is 2.30. The van der Waals surface area contributed by atoms with Crippen LogP contribution >= 0.6 is 27.7 Å². The Balaban J connectivity index is 1.63. The molecule has 2 aromatic carbocycles. The lowest BCUT2D eigenvalue weighted by molar-refractivity contribution is -0.123. The molecule has 7 nitrogen and oxygen atoms in total. The summed E-state index contributed by atoms with van der Waals surface area (Å²) in [5.41, 5.74) is 2.64. The summed E-state index contributed by atoms with van der Waals surface area (Å²) >= 11 is 4.54. The summed E-state index contributed by atoms with van der Waals surface area (Å²) in [5, 5.41) is 13.3. The molecular weight excluding hydrogens is 454 g/mol. The fourth-order valence-corrected chi connectivity index (χ4v) is 3.70. The Morgan fingerprint density at radius 3 is 2.55 bits per heavy atom. The predicted octanol–water partition coefficient (Wildman–Crippen LogP) is 3.47. The van der Waals surface area contributed by atoms with E-state index in [9.17, 15) is 9.59 Å². The Kier molecular flexibility index (Phi) is 7.05. The van der Waals surface area contributed by atoms with Gasteiger partial charge in [0, 0.05) is 36.4 Å². The van der Waals surface area contributed by atoms with Crippen molar-refractivity contribution in [3.8, 4) is 0 Å². The first-order valence-electron chi connectivity index (χ1n) is 8.82. The van der Waals surface area contributed by atoms with Gasteiger partial charge in [0.2, 0.25) is 11.8 Å². The molecule has 150 valence electrons. The molecule has 1 fully saturated rings. The lowest BCUT2D eigenvalue weighted by Gasteiger charge is -2.21. The SMILES string of the molecule is CN(C)c1ccc(C=NN=C2NC(=O)C[C@H](C(=O)Nc3ccc(Br)cc3)S2)cc1. The third-order valence-electron chi connectivity index (χ3n) is 4.04. The van der Waals surface area contributed by atoms with Crippen molar-refractivity contribution in [2.45, 2.75) is 11.7 Å². The number of halogens is 1. The average molecular weight is 474 g/mol. The number of nitrogens with zero attached hydrogens (tertiary/aromatic N) is 3. The van der Waals surface area contributed by atoms with E-state index < -0.39 is 5.25 Å². The van der Waals surface area contributed by atoms with Gasteiger partial charge in [-0.2, -0.15) is 5.10 Å². The molecule has 1 heterocycles. The van der Waals surface area contributed by atoms with Crippen LogP contribution in [0.5, 0.6) is 0 Å². The molecule has 2 aromatic rings. The summed E-state index contributed by atoms with van der Waals surface area (Å²) in [7, 11) is 3.95. The number of benzene rings is 2. The number of hydrogen-bond acceptors (Lipinski definition) is 6. The molecule has 1 saturated heterocycles. The lowest BCUT2D eigenvalue weighted by atomic mass is 10.2. The fourth-order valence-electron chi connectivity index (χ4n) is 2.50. The van der Waals surface area contributed by atoms with Gasteiger partial charge in [0.05, 0.1) is 6.21 Å². The first kappa shape index (κ1) is 21.1. The van der Waals surface area contributed by atoms with Crippen LogP contribution in [0.15, 0.2) is 63.2 Å². The van der Waals surface area contributed by atoms with Gasteiger partial charge in [0.25, 0.3) is 0 Å². The quantitative estimate of drug-likeness (QED) is 0.514. The second-order valence-corrected chi connectivity index (χ2v) is 8.60. The van der Waals surface area contributed by atoms with Gasteiger partial charge in [0.1, 0.15) is 5.25 Å². The summed E-state index contributed by atoms with van der Waals surface area (Å²) < 4.78 is 0.922. The monoisotopic (exact) mass is 473 g/mol. The van der Waals surface area contributed by atoms with Gasteiger partial charge in [-0.3, -0.25) is 9.59 Å². The summed E-state index contributed by atoms with van der Waals surface area (Å²) in [6.07, 6.45) is 1.69. The van der Waals surface area contributed by atoms with Crippen molar-refractivity contribution < 1.29 is 9.59 Å². The molecule has 9 heteroatoms. The van der Waals surface area contributed by atoms with Crippen molar-refractivity contribution in [3.05, 3.63) is 58.6 Å². The van der Waals surface area contributed by atoms with E-state index in [1.807, 2.05) is 55.4 Å². The lowest BCUT2D eigenvalue weighted by Crippen LogP contribution is -2.41. The van der Waals surface area contributed by atoms with Crippen LogP contribution in [0.2, 0.25) is 0 Å². The molecular formula is C20H20BrN5O2S. The highest BCUT2D eigenvalue weighted by molar-refractivity contribution is 9.10. The number of anilines is 2. The van der Waals surface area contributed by atoms with Crippen LogP contribution in [-0.4, -0.2) is 42.5 Å². The maximum absolute atomic E-state index is 12.5. The van der Waals surface area contributed by atoms with E-state index in [0.717, 1.165) is 15.7 Å². The molecule has 0 radical (unpaired) electrons. The van der Waals surface area contributed by atoms with Gasteiger partial charge < -0.3 is 15.5 Å². The van der Waals surface area contributed by atoms with E-state index in [1.54, 1.807) is 18.3 Å². The number of thioether (sulfide) groups is 1. The number of carbonyl (C=O) groups excluding carboxylic acids is 2. The van der Waals surface area contributed by atoms with E-state index in [-0.39, 0.29) is 18.2 Å². The fraction of sp³-hybridized carbons (Fsp3) is 0.200. The van der Waals surface area contributed by atoms with Crippen molar-refractivity contribution in [3.63, 3.8) is 0 Å². The smallest absolute Gasteiger partial charge is 0.238 e. The topological polar surface area (TPSA) is 86.2 Å². The average Bonchev–Trinajstić information content (AvgIpc) is 2.69. The maximum Gasteiger partial charge on any atom is 0.238 e. The number of nitrogens with one attached hydrogen (secondary N) is 2. The number of amidine groups is 1. The van der Waals surface area contributed by atoms with Crippen molar-refractivity contribution >= 4 is 62.3 Å². The molecule has 0 spiro atoms.